The Morgan fingerprint density at radius 3 is 1.50 bits per heavy atom. The van der Waals surface area contributed by atoms with Crippen molar-refractivity contribution in [1.29, 1.82) is 0 Å². The maximum absolute atomic E-state index is 2.77. The first-order valence-corrected chi connectivity index (χ1v) is 29.8. The standard InChI is InChI=1S/C17H15.C16H13.C6H14.CH3.2ClH.H3Si.Zr/c1-2-13-11-15-9-6-10-16(17(15)12-13)14-7-4-3-5-8-14;1-12-10-14-8-5-9-15(16(14)11-12)13-6-3-2-4-7-13;1-3-5-6-4-2;;;;;/h3-12H,2H2,1H3;2-11H,1H3;3-6H2,1-2H3;1H3;2*1H;1H3;. The van der Waals surface area contributed by atoms with Gasteiger partial charge < -0.3 is 0 Å². The third-order valence-electron chi connectivity index (χ3n) is 9.45. The van der Waals surface area contributed by atoms with Crippen molar-refractivity contribution in [2.75, 3.05) is 0 Å². The van der Waals surface area contributed by atoms with E-state index in [1.165, 1.54) is 66.4 Å². The van der Waals surface area contributed by atoms with Crippen LogP contribution in [0.15, 0.2) is 108 Å². The van der Waals surface area contributed by atoms with Crippen LogP contribution in [0.5, 0.6) is 0 Å². The molecule has 3 unspecified atom stereocenters. The summed E-state index contributed by atoms with van der Waals surface area (Å²) < 4.78 is 4.08. The fourth-order valence-corrected chi connectivity index (χ4v) is 28.3. The van der Waals surface area contributed by atoms with Gasteiger partial charge in [-0.25, -0.2) is 0 Å². The molecular formula is C40H50Cl2SiZr. The molecule has 0 bridgehead atoms. The molecule has 0 heterocycles. The van der Waals surface area contributed by atoms with Gasteiger partial charge in [0.15, 0.2) is 0 Å². The van der Waals surface area contributed by atoms with E-state index in [2.05, 4.69) is 142 Å². The van der Waals surface area contributed by atoms with Crippen LogP contribution in [-0.2, 0) is 19.4 Å². The molecule has 0 saturated carbocycles. The summed E-state index contributed by atoms with van der Waals surface area (Å²) in [5.74, 6) is 0. The fourth-order valence-electron chi connectivity index (χ4n) is 7.59. The fraction of sp³-hybridized carbons (Fsp3) is 0.300. The van der Waals surface area contributed by atoms with Gasteiger partial charge in [-0.05, 0) is 0 Å². The van der Waals surface area contributed by atoms with Gasteiger partial charge in [0, 0.05) is 0 Å². The summed E-state index contributed by atoms with van der Waals surface area (Å²) in [4.78, 5) is 0. The van der Waals surface area contributed by atoms with Gasteiger partial charge in [-0.1, -0.05) is 39.5 Å². The van der Waals surface area contributed by atoms with Gasteiger partial charge in [0.2, 0.25) is 0 Å². The van der Waals surface area contributed by atoms with Crippen LogP contribution in [-0.4, -0.2) is 7.37 Å². The van der Waals surface area contributed by atoms with Gasteiger partial charge in [-0.3, -0.25) is 0 Å². The first-order chi connectivity index (χ1) is 20.4. The van der Waals surface area contributed by atoms with Crippen molar-refractivity contribution in [3.8, 4) is 22.3 Å². The zero-order valence-corrected chi connectivity index (χ0v) is 33.5. The largest absolute Gasteiger partial charge is 0.147 e. The minimum Gasteiger partial charge on any atom is -0.147 e. The number of allylic oxidation sites excluding steroid dienone is 2. The van der Waals surface area contributed by atoms with Gasteiger partial charge in [-0.15, -0.1) is 24.8 Å². The van der Waals surface area contributed by atoms with E-state index in [0.29, 0.717) is 7.25 Å². The van der Waals surface area contributed by atoms with Crippen molar-refractivity contribution in [3.63, 3.8) is 0 Å². The summed E-state index contributed by atoms with van der Waals surface area (Å²) >= 11 is -2.71. The molecule has 0 saturated heterocycles. The molecular weight excluding hydrogens is 671 g/mol. The van der Waals surface area contributed by atoms with Crippen molar-refractivity contribution in [2.45, 2.75) is 71.7 Å². The Balaban J connectivity index is 0.000000605. The van der Waals surface area contributed by atoms with Crippen LogP contribution >= 0.6 is 24.8 Å². The van der Waals surface area contributed by atoms with Crippen molar-refractivity contribution in [1.82, 2.24) is 0 Å². The molecule has 0 amide bonds. The molecule has 6 rings (SSSR count). The van der Waals surface area contributed by atoms with Crippen LogP contribution in [0.3, 0.4) is 0 Å². The monoisotopic (exact) mass is 718 g/mol. The van der Waals surface area contributed by atoms with Crippen molar-refractivity contribution in [2.24, 2.45) is 0 Å². The predicted molar refractivity (Wildman–Crippen MR) is 201 cm³/mol. The van der Waals surface area contributed by atoms with Gasteiger partial charge in [0.1, 0.15) is 0 Å². The molecule has 4 heteroatoms. The normalized spacial score (nSPS) is 17.5. The molecule has 2 aliphatic carbocycles. The Hall–Kier alpha value is -1.96. The molecule has 4 aromatic carbocycles. The molecule has 0 spiro atoms. The van der Waals surface area contributed by atoms with Crippen molar-refractivity contribution >= 4 is 44.3 Å². The number of hydrogen-bond acceptors (Lipinski definition) is 0. The van der Waals surface area contributed by atoms with E-state index in [0.717, 1.165) is 6.42 Å². The Morgan fingerprint density at radius 2 is 1.05 bits per heavy atom. The molecule has 0 nitrogen and oxygen atoms in total. The molecule has 0 radical (unpaired) electrons. The van der Waals surface area contributed by atoms with Gasteiger partial charge >= 0.3 is 224 Å². The van der Waals surface area contributed by atoms with E-state index in [1.807, 2.05) is 0 Å². The Morgan fingerprint density at radius 1 is 0.591 bits per heavy atom. The molecule has 3 atom stereocenters. The van der Waals surface area contributed by atoms with Gasteiger partial charge in [-0.2, -0.15) is 0 Å². The number of hydrogen-bond donors (Lipinski definition) is 0. The maximum atomic E-state index is 2.77. The quantitative estimate of drug-likeness (QED) is 0.126. The number of rotatable bonds is 8. The van der Waals surface area contributed by atoms with Gasteiger partial charge in [0.05, 0.1) is 0 Å². The third kappa shape index (κ3) is 7.36. The Bertz CT molecular complexity index is 1570. The first-order valence-electron chi connectivity index (χ1n) is 16.2. The third-order valence-corrected chi connectivity index (χ3v) is 27.2. The molecule has 232 valence electrons. The smallest absolute Gasteiger partial charge is 0.0536 e. The van der Waals surface area contributed by atoms with E-state index in [1.54, 1.807) is 22.3 Å². The van der Waals surface area contributed by atoms with E-state index in [4.69, 9.17) is 0 Å². The number of halogens is 2. The van der Waals surface area contributed by atoms with Crippen LogP contribution in [0, 0.1) is 0 Å². The molecule has 0 N–H and O–H groups in total. The number of unbranched alkanes of at least 4 members (excludes halogenated alkanes) is 3. The second kappa shape index (κ2) is 16.6. The zero-order chi connectivity index (χ0) is 29.7. The summed E-state index contributed by atoms with van der Waals surface area (Å²) in [5, 5.41) is 0. The van der Waals surface area contributed by atoms with Crippen LogP contribution in [0.25, 0.3) is 34.4 Å². The van der Waals surface area contributed by atoms with E-state index in [9.17, 15) is 0 Å². The average molecular weight is 721 g/mol. The molecule has 4 aromatic rings. The average Bonchev–Trinajstić information content (AvgIpc) is 3.59. The Labute approximate surface area is 286 Å². The molecule has 0 aliphatic heterocycles. The predicted octanol–water partition coefficient (Wildman–Crippen LogP) is 11.9. The second-order valence-electron chi connectivity index (χ2n) is 12.7. The van der Waals surface area contributed by atoms with Gasteiger partial charge in [0.25, 0.3) is 0 Å². The molecule has 0 aromatic heterocycles. The van der Waals surface area contributed by atoms with E-state index in [-0.39, 0.29) is 24.8 Å². The molecule has 44 heavy (non-hydrogen) atoms. The second-order valence-corrected chi connectivity index (χ2v) is 37.2. The topological polar surface area (TPSA) is 0 Å². The summed E-state index contributed by atoms with van der Waals surface area (Å²) in [5.41, 5.74) is 14.9. The summed E-state index contributed by atoms with van der Waals surface area (Å²) in [7, 11) is 1.32. The summed E-state index contributed by atoms with van der Waals surface area (Å²) in [6.45, 7) is 9.25. The Kier molecular flexibility index (Phi) is 13.7. The van der Waals surface area contributed by atoms with Crippen LogP contribution in [0.4, 0.5) is 0 Å². The van der Waals surface area contributed by atoms with E-state index >= 15 is 0 Å². The summed E-state index contributed by atoms with van der Waals surface area (Å²) in [6.07, 6.45) is 11.8. The van der Waals surface area contributed by atoms with Crippen LogP contribution in [0.1, 0.15) is 89.3 Å². The van der Waals surface area contributed by atoms with Crippen LogP contribution in [0.2, 0.25) is 4.63 Å². The maximum Gasteiger partial charge on any atom is -0.0536 e. The zero-order valence-electron chi connectivity index (χ0n) is 27.4. The van der Waals surface area contributed by atoms with Crippen molar-refractivity contribution < 1.29 is 19.4 Å². The SMILES string of the molecule is CCC1=Cc2c(-c3ccccc3)cccc2[CH]1[Zr]([CH3])([SiH3])[CH]1C(C)=Cc2c(-c3ccccc3)cccc21.CCCCCC.Cl.Cl. The first kappa shape index (κ1) is 36.5. The van der Waals surface area contributed by atoms with E-state index < -0.39 is 19.4 Å². The van der Waals surface area contributed by atoms with Crippen molar-refractivity contribution in [3.05, 3.63) is 130 Å². The minimum atomic E-state index is -2.71. The minimum absolute atomic E-state index is 0. The number of fused-ring (bicyclic) bond motifs is 2. The number of benzene rings is 4. The molecule has 2 aliphatic rings. The summed E-state index contributed by atoms with van der Waals surface area (Å²) in [6, 6.07) is 36.0. The molecule has 0 fully saturated rings. The van der Waals surface area contributed by atoms with Crippen LogP contribution < -0.4 is 0 Å².